The Balaban J connectivity index is 3.11. The molecule has 7 heteroatoms. The molecule has 1 rings (SSSR count). The fraction of sp³-hybridized carbons (Fsp3) is 0.545. The molecule has 0 spiro atoms. The molecule has 18 heavy (non-hydrogen) atoms. The molecule has 1 aromatic rings. The van der Waals surface area contributed by atoms with Crippen molar-refractivity contribution in [3.63, 3.8) is 0 Å². The van der Waals surface area contributed by atoms with Crippen molar-refractivity contribution in [2.75, 3.05) is 0 Å². The minimum Gasteiger partial charge on any atom is -0.258 e. The van der Waals surface area contributed by atoms with Gasteiger partial charge in [-0.05, 0) is 6.42 Å². The average Bonchev–Trinajstić information content (AvgIpc) is 2.34. The highest BCUT2D eigenvalue weighted by molar-refractivity contribution is 5.45. The van der Waals surface area contributed by atoms with Gasteiger partial charge in [-0.3, -0.25) is 20.2 Å². The third-order valence-electron chi connectivity index (χ3n) is 2.75. The lowest BCUT2D eigenvalue weighted by molar-refractivity contribution is -0.395. The number of hydrogen-bond donors (Lipinski definition) is 0. The molecule has 0 aromatic carbocycles. The largest absolute Gasteiger partial charge is 0.297 e. The number of aromatic nitrogens is 1. The predicted molar refractivity (Wildman–Crippen MR) is 65.5 cm³/mol. The number of nitro groups is 2. The van der Waals surface area contributed by atoms with Gasteiger partial charge >= 0.3 is 0 Å². The van der Waals surface area contributed by atoms with Crippen LogP contribution in [0.3, 0.4) is 0 Å². The van der Waals surface area contributed by atoms with E-state index in [1.165, 1.54) is 0 Å². The van der Waals surface area contributed by atoms with E-state index in [2.05, 4.69) is 4.98 Å². The summed E-state index contributed by atoms with van der Waals surface area (Å²) in [5.41, 5.74) is -0.306. The van der Waals surface area contributed by atoms with Gasteiger partial charge in [0, 0.05) is 5.92 Å². The Kier molecular flexibility index (Phi) is 4.70. The third kappa shape index (κ3) is 3.22. The SMILES string of the molecule is CCCCC(C)c1ncc([N+](=O)[O-])cc1[N+](=O)[O-]. The van der Waals surface area contributed by atoms with Crippen molar-refractivity contribution < 1.29 is 9.85 Å². The van der Waals surface area contributed by atoms with Gasteiger partial charge in [0.15, 0.2) is 0 Å². The Bertz CT molecular complexity index is 462. The molecule has 0 N–H and O–H groups in total. The second-order valence-electron chi connectivity index (χ2n) is 4.16. The Morgan fingerprint density at radius 1 is 1.33 bits per heavy atom. The molecule has 0 aliphatic carbocycles. The molecule has 1 aromatic heterocycles. The highest BCUT2D eigenvalue weighted by atomic mass is 16.6. The van der Waals surface area contributed by atoms with Gasteiger partial charge in [0.1, 0.15) is 11.9 Å². The summed E-state index contributed by atoms with van der Waals surface area (Å²) < 4.78 is 0. The molecule has 1 heterocycles. The first-order valence-corrected chi connectivity index (χ1v) is 5.76. The van der Waals surface area contributed by atoms with Crippen LogP contribution in [0.4, 0.5) is 11.4 Å². The zero-order valence-corrected chi connectivity index (χ0v) is 10.3. The van der Waals surface area contributed by atoms with Crippen LogP contribution in [0.25, 0.3) is 0 Å². The summed E-state index contributed by atoms with van der Waals surface area (Å²) in [5.74, 6) is -0.0776. The summed E-state index contributed by atoms with van der Waals surface area (Å²) in [7, 11) is 0. The van der Waals surface area contributed by atoms with E-state index in [-0.39, 0.29) is 17.3 Å². The lowest BCUT2D eigenvalue weighted by Gasteiger charge is -2.09. The lowest BCUT2D eigenvalue weighted by Crippen LogP contribution is -2.04. The van der Waals surface area contributed by atoms with Crippen LogP contribution in [-0.2, 0) is 0 Å². The molecule has 1 atom stereocenters. The van der Waals surface area contributed by atoms with Crippen molar-refractivity contribution in [1.82, 2.24) is 4.98 Å². The van der Waals surface area contributed by atoms with Gasteiger partial charge in [-0.25, -0.2) is 4.98 Å². The fourth-order valence-corrected chi connectivity index (χ4v) is 1.73. The van der Waals surface area contributed by atoms with E-state index >= 15 is 0 Å². The monoisotopic (exact) mass is 253 g/mol. The predicted octanol–water partition coefficient (Wildman–Crippen LogP) is 3.19. The molecular weight excluding hydrogens is 238 g/mol. The van der Waals surface area contributed by atoms with Crippen LogP contribution < -0.4 is 0 Å². The molecule has 1 unspecified atom stereocenters. The van der Waals surface area contributed by atoms with Crippen LogP contribution in [0.5, 0.6) is 0 Å². The van der Waals surface area contributed by atoms with Crippen LogP contribution in [0, 0.1) is 20.2 Å². The van der Waals surface area contributed by atoms with Crippen molar-refractivity contribution in [2.24, 2.45) is 0 Å². The Labute approximate surface area is 104 Å². The normalized spacial score (nSPS) is 12.1. The van der Waals surface area contributed by atoms with Gasteiger partial charge in [-0.15, -0.1) is 0 Å². The minimum atomic E-state index is -0.680. The van der Waals surface area contributed by atoms with Crippen molar-refractivity contribution in [2.45, 2.75) is 39.0 Å². The first kappa shape index (κ1) is 14.0. The van der Waals surface area contributed by atoms with Crippen LogP contribution >= 0.6 is 0 Å². The fourth-order valence-electron chi connectivity index (χ4n) is 1.73. The zero-order chi connectivity index (χ0) is 13.7. The Hall–Kier alpha value is -2.05. The van der Waals surface area contributed by atoms with Gasteiger partial charge < -0.3 is 0 Å². The molecule has 0 saturated carbocycles. The minimum absolute atomic E-state index is 0.0776. The lowest BCUT2D eigenvalue weighted by atomic mass is 9.99. The van der Waals surface area contributed by atoms with E-state index in [9.17, 15) is 20.2 Å². The second-order valence-corrected chi connectivity index (χ2v) is 4.16. The molecular formula is C11H15N3O4. The van der Waals surface area contributed by atoms with E-state index in [0.717, 1.165) is 31.5 Å². The van der Waals surface area contributed by atoms with Gasteiger partial charge in [-0.1, -0.05) is 26.7 Å². The van der Waals surface area contributed by atoms with Crippen molar-refractivity contribution >= 4 is 11.4 Å². The van der Waals surface area contributed by atoms with Crippen LogP contribution in [-0.4, -0.2) is 14.8 Å². The van der Waals surface area contributed by atoms with Gasteiger partial charge in [0.25, 0.3) is 11.4 Å². The molecule has 0 bridgehead atoms. The van der Waals surface area contributed by atoms with E-state index in [0.29, 0.717) is 5.69 Å². The number of unbranched alkanes of at least 4 members (excludes halogenated alkanes) is 1. The highest BCUT2D eigenvalue weighted by Crippen LogP contribution is 2.30. The second kappa shape index (κ2) is 6.04. The maximum absolute atomic E-state index is 10.9. The molecule has 0 saturated heterocycles. The van der Waals surface area contributed by atoms with E-state index < -0.39 is 9.85 Å². The summed E-state index contributed by atoms with van der Waals surface area (Å²) in [6.07, 6.45) is 3.79. The molecule has 0 radical (unpaired) electrons. The topological polar surface area (TPSA) is 99.2 Å². The quantitative estimate of drug-likeness (QED) is 0.572. The Morgan fingerprint density at radius 3 is 2.50 bits per heavy atom. The zero-order valence-electron chi connectivity index (χ0n) is 10.3. The standard InChI is InChI=1S/C11H15N3O4/c1-3-4-5-8(2)11-10(14(17)18)6-9(7-12-11)13(15)16/h6-8H,3-5H2,1-2H3. The molecule has 0 aliphatic rings. The van der Waals surface area contributed by atoms with Crippen molar-refractivity contribution in [1.29, 1.82) is 0 Å². The molecule has 0 amide bonds. The number of nitrogens with zero attached hydrogens (tertiary/aromatic N) is 3. The summed E-state index contributed by atoms with van der Waals surface area (Å²) in [6.45, 7) is 3.88. The van der Waals surface area contributed by atoms with E-state index in [1.807, 2.05) is 13.8 Å². The van der Waals surface area contributed by atoms with Crippen molar-refractivity contribution in [3.8, 4) is 0 Å². The van der Waals surface area contributed by atoms with Crippen LogP contribution in [0.1, 0.15) is 44.7 Å². The van der Waals surface area contributed by atoms with Gasteiger partial charge in [0.05, 0.1) is 15.9 Å². The maximum Gasteiger partial charge on any atom is 0.297 e. The average molecular weight is 253 g/mol. The smallest absolute Gasteiger partial charge is 0.258 e. The van der Waals surface area contributed by atoms with Gasteiger partial charge in [-0.2, -0.15) is 0 Å². The highest BCUT2D eigenvalue weighted by Gasteiger charge is 2.24. The number of rotatable bonds is 6. The Morgan fingerprint density at radius 2 is 2.00 bits per heavy atom. The summed E-state index contributed by atoms with van der Waals surface area (Å²) >= 11 is 0. The van der Waals surface area contributed by atoms with E-state index in [1.54, 1.807) is 0 Å². The van der Waals surface area contributed by atoms with Crippen LogP contribution in [0.15, 0.2) is 12.3 Å². The van der Waals surface area contributed by atoms with Gasteiger partial charge in [0.2, 0.25) is 0 Å². The maximum atomic E-state index is 10.9. The summed E-state index contributed by atoms with van der Waals surface area (Å²) in [6, 6.07) is 0.977. The summed E-state index contributed by atoms with van der Waals surface area (Å²) in [4.78, 5) is 24.1. The third-order valence-corrected chi connectivity index (χ3v) is 2.75. The first-order valence-electron chi connectivity index (χ1n) is 5.76. The van der Waals surface area contributed by atoms with Crippen LogP contribution in [0.2, 0.25) is 0 Å². The number of pyridine rings is 1. The molecule has 0 aliphatic heterocycles. The number of hydrogen-bond acceptors (Lipinski definition) is 5. The summed E-state index contributed by atoms with van der Waals surface area (Å²) in [5, 5.41) is 21.5. The van der Waals surface area contributed by atoms with Crippen molar-refractivity contribution in [3.05, 3.63) is 38.2 Å². The first-order chi connectivity index (χ1) is 8.47. The van der Waals surface area contributed by atoms with E-state index in [4.69, 9.17) is 0 Å². The molecule has 98 valence electrons. The molecule has 7 nitrogen and oxygen atoms in total. The molecule has 0 fully saturated rings.